The standard InChI is InChI=1S/C37H68O18/c1-45-23-35(26-49-24-34(18-42)50-15-11-39)54-29-37(27-48-20-30(43)19-47-14-10-38)55-28-36(51-16-12-40)25-46-13-9-33(17-41)53-22-31(44)21-52-32-7-5-3-2-4-6-8-32/h10-12,30-37,41-44H,2-9,13-29H2,1H3. The molecule has 0 amide bonds. The van der Waals surface area contributed by atoms with E-state index in [-0.39, 0.29) is 118 Å². The normalized spacial score (nSPS) is 18.1. The van der Waals surface area contributed by atoms with Crippen LogP contribution in [0.15, 0.2) is 0 Å². The Balaban J connectivity index is 2.64. The molecule has 0 heterocycles. The highest BCUT2D eigenvalue weighted by Crippen LogP contribution is 2.19. The van der Waals surface area contributed by atoms with E-state index in [9.17, 15) is 34.8 Å². The van der Waals surface area contributed by atoms with E-state index in [1.165, 1.54) is 26.4 Å². The summed E-state index contributed by atoms with van der Waals surface area (Å²) in [6.45, 7) is -0.739. The van der Waals surface area contributed by atoms with Gasteiger partial charge in [0, 0.05) is 13.7 Å². The second-order valence-electron chi connectivity index (χ2n) is 13.2. The Hall–Kier alpha value is -1.59. The highest BCUT2D eigenvalue weighted by molar-refractivity contribution is 5.51. The predicted molar refractivity (Wildman–Crippen MR) is 195 cm³/mol. The number of hydrogen-bond acceptors (Lipinski definition) is 18. The topological polar surface area (TPSA) is 234 Å². The van der Waals surface area contributed by atoms with Crippen molar-refractivity contribution in [2.75, 3.05) is 119 Å². The van der Waals surface area contributed by atoms with Gasteiger partial charge in [-0.05, 0) is 19.3 Å². The molecule has 4 N–H and O–H groups in total. The van der Waals surface area contributed by atoms with Gasteiger partial charge < -0.3 is 86.9 Å². The summed E-state index contributed by atoms with van der Waals surface area (Å²) in [5, 5.41) is 39.7. The molecule has 1 aliphatic rings. The van der Waals surface area contributed by atoms with Crippen molar-refractivity contribution >= 4 is 18.9 Å². The molecule has 0 spiro atoms. The molecule has 0 aromatic heterocycles. The number of hydrogen-bond donors (Lipinski definition) is 4. The summed E-state index contributed by atoms with van der Waals surface area (Å²) in [6.07, 6.45) is 5.21. The number of rotatable bonds is 39. The van der Waals surface area contributed by atoms with Gasteiger partial charge in [-0.2, -0.15) is 0 Å². The molecule has 0 aromatic rings. The first-order chi connectivity index (χ1) is 26.9. The van der Waals surface area contributed by atoms with Gasteiger partial charge in [-0.1, -0.05) is 32.1 Å². The minimum atomic E-state index is -0.992. The molecule has 0 radical (unpaired) electrons. The predicted octanol–water partition coefficient (Wildman–Crippen LogP) is -0.552. The van der Waals surface area contributed by atoms with Crippen molar-refractivity contribution in [2.24, 2.45) is 0 Å². The Morgan fingerprint density at radius 1 is 0.509 bits per heavy atom. The highest BCUT2D eigenvalue weighted by atomic mass is 16.6. The van der Waals surface area contributed by atoms with Crippen LogP contribution in [0.25, 0.3) is 0 Å². The molecule has 7 atom stereocenters. The van der Waals surface area contributed by atoms with E-state index in [1.54, 1.807) is 0 Å². The van der Waals surface area contributed by atoms with Gasteiger partial charge in [0.25, 0.3) is 0 Å². The van der Waals surface area contributed by atoms with Crippen LogP contribution < -0.4 is 0 Å². The van der Waals surface area contributed by atoms with Crippen LogP contribution in [0.3, 0.4) is 0 Å². The molecule has 18 nitrogen and oxygen atoms in total. The van der Waals surface area contributed by atoms with Crippen LogP contribution in [0.5, 0.6) is 0 Å². The maximum atomic E-state index is 11.1. The Morgan fingerprint density at radius 3 is 1.62 bits per heavy atom. The molecule has 0 saturated heterocycles. The lowest BCUT2D eigenvalue weighted by Crippen LogP contribution is -2.37. The van der Waals surface area contributed by atoms with Crippen LogP contribution in [-0.2, 0) is 66.5 Å². The van der Waals surface area contributed by atoms with E-state index in [0.29, 0.717) is 25.3 Å². The fourth-order valence-electron chi connectivity index (χ4n) is 5.36. The van der Waals surface area contributed by atoms with Crippen LogP contribution in [0.2, 0.25) is 0 Å². The average Bonchev–Trinajstić information content (AvgIpc) is 3.17. The SMILES string of the molecule is COCC(COCC(CO)OCC=O)OCC(COCC(O)COCC=O)OCC(COCCC(CO)OCC(O)COC1CCCCCCC1)OCC=O. The number of carbonyl (C=O) groups is 3. The molecular weight excluding hydrogens is 732 g/mol. The number of carbonyl (C=O) groups excluding carboxylic acids is 3. The van der Waals surface area contributed by atoms with Crippen molar-refractivity contribution in [1.82, 2.24) is 0 Å². The molecule has 1 rings (SSSR count). The van der Waals surface area contributed by atoms with E-state index < -0.39 is 42.7 Å². The van der Waals surface area contributed by atoms with Crippen molar-refractivity contribution in [3.05, 3.63) is 0 Å². The summed E-state index contributed by atoms with van der Waals surface area (Å²) >= 11 is 0. The minimum absolute atomic E-state index is 0.00544. The summed E-state index contributed by atoms with van der Waals surface area (Å²) in [6, 6.07) is 0. The van der Waals surface area contributed by atoms with Gasteiger partial charge in [-0.3, -0.25) is 0 Å². The van der Waals surface area contributed by atoms with Crippen LogP contribution in [0.4, 0.5) is 0 Å². The second-order valence-corrected chi connectivity index (χ2v) is 13.2. The third-order valence-corrected chi connectivity index (χ3v) is 8.30. The van der Waals surface area contributed by atoms with Gasteiger partial charge in [0.05, 0.1) is 98.1 Å². The molecule has 0 aromatic carbocycles. The first-order valence-corrected chi connectivity index (χ1v) is 19.3. The highest BCUT2D eigenvalue weighted by Gasteiger charge is 2.21. The van der Waals surface area contributed by atoms with Gasteiger partial charge in [0.1, 0.15) is 75.3 Å². The fraction of sp³-hybridized carbons (Fsp3) is 0.919. The number of methoxy groups -OCH3 is 1. The number of aliphatic hydroxyl groups excluding tert-OH is 4. The third-order valence-electron chi connectivity index (χ3n) is 8.30. The van der Waals surface area contributed by atoms with Gasteiger partial charge >= 0.3 is 0 Å². The fourth-order valence-corrected chi connectivity index (χ4v) is 5.36. The van der Waals surface area contributed by atoms with E-state index >= 15 is 0 Å². The lowest BCUT2D eigenvalue weighted by atomic mass is 9.98. The summed E-state index contributed by atoms with van der Waals surface area (Å²) in [7, 11) is 1.49. The summed E-state index contributed by atoms with van der Waals surface area (Å²) in [4.78, 5) is 32.2. The van der Waals surface area contributed by atoms with Crippen molar-refractivity contribution < 1.29 is 86.9 Å². The average molecular weight is 801 g/mol. The lowest BCUT2D eigenvalue weighted by Gasteiger charge is -2.25. The summed E-state index contributed by atoms with van der Waals surface area (Å²) in [5.74, 6) is 0. The third kappa shape index (κ3) is 29.3. The molecule has 18 heteroatoms. The van der Waals surface area contributed by atoms with E-state index in [0.717, 1.165) is 25.7 Å². The van der Waals surface area contributed by atoms with Crippen LogP contribution in [-0.4, -0.2) is 208 Å². The van der Waals surface area contributed by atoms with Crippen molar-refractivity contribution in [2.45, 2.75) is 100 Å². The first-order valence-electron chi connectivity index (χ1n) is 19.3. The maximum Gasteiger partial charge on any atom is 0.145 e. The van der Waals surface area contributed by atoms with Crippen LogP contribution >= 0.6 is 0 Å². The van der Waals surface area contributed by atoms with Gasteiger partial charge in [-0.15, -0.1) is 0 Å². The van der Waals surface area contributed by atoms with E-state index in [4.69, 9.17) is 52.1 Å². The van der Waals surface area contributed by atoms with E-state index in [1.807, 2.05) is 0 Å². The molecule has 1 aliphatic carbocycles. The summed E-state index contributed by atoms with van der Waals surface area (Å²) in [5.41, 5.74) is 0. The van der Waals surface area contributed by atoms with Gasteiger partial charge in [-0.25, -0.2) is 0 Å². The number of aldehydes is 3. The molecule has 324 valence electrons. The molecule has 0 bridgehead atoms. The van der Waals surface area contributed by atoms with E-state index in [2.05, 4.69) is 0 Å². The molecular formula is C37H68O18. The number of aliphatic hydroxyl groups is 4. The van der Waals surface area contributed by atoms with Crippen molar-refractivity contribution in [3.8, 4) is 0 Å². The van der Waals surface area contributed by atoms with Crippen molar-refractivity contribution in [3.63, 3.8) is 0 Å². The monoisotopic (exact) mass is 800 g/mol. The maximum absolute atomic E-state index is 11.1. The van der Waals surface area contributed by atoms with Gasteiger partial charge in [0.2, 0.25) is 0 Å². The minimum Gasteiger partial charge on any atom is -0.394 e. The molecule has 0 aliphatic heterocycles. The zero-order chi connectivity index (χ0) is 40.2. The zero-order valence-corrected chi connectivity index (χ0v) is 32.5. The van der Waals surface area contributed by atoms with Crippen LogP contribution in [0.1, 0.15) is 51.4 Å². The molecule has 1 fully saturated rings. The Labute approximate surface area is 325 Å². The first kappa shape index (κ1) is 51.4. The molecule has 55 heavy (non-hydrogen) atoms. The zero-order valence-electron chi connectivity index (χ0n) is 32.5. The molecule has 1 saturated carbocycles. The van der Waals surface area contributed by atoms with Crippen molar-refractivity contribution in [1.29, 1.82) is 0 Å². The van der Waals surface area contributed by atoms with Gasteiger partial charge in [0.15, 0.2) is 0 Å². The number of ether oxygens (including phenoxy) is 11. The smallest absolute Gasteiger partial charge is 0.145 e. The summed E-state index contributed by atoms with van der Waals surface area (Å²) < 4.78 is 61.8. The Morgan fingerprint density at radius 2 is 1.00 bits per heavy atom. The van der Waals surface area contributed by atoms with Crippen LogP contribution in [0, 0.1) is 0 Å². The second kappa shape index (κ2) is 36.7. The quantitative estimate of drug-likeness (QED) is 0.0451. The Kier molecular flexibility index (Phi) is 34.3. The lowest BCUT2D eigenvalue weighted by molar-refractivity contribution is -0.140. The largest absolute Gasteiger partial charge is 0.394 e. The Bertz CT molecular complexity index is 879. The molecule has 7 unspecified atom stereocenters.